The summed E-state index contributed by atoms with van der Waals surface area (Å²) >= 11 is 0. The predicted octanol–water partition coefficient (Wildman–Crippen LogP) is 3.37. The zero-order chi connectivity index (χ0) is 13.8. The molecule has 0 amide bonds. The maximum Gasteiger partial charge on any atom is 0.123 e. The van der Waals surface area contributed by atoms with Gasteiger partial charge in [0, 0.05) is 12.1 Å². The monoisotopic (exact) mass is 253 g/mol. The lowest BCUT2D eigenvalue weighted by molar-refractivity contribution is 0.105. The molecule has 1 rings (SSSR count). The lowest BCUT2D eigenvalue weighted by Crippen LogP contribution is -2.41. The van der Waals surface area contributed by atoms with E-state index < -0.39 is 6.10 Å². The van der Waals surface area contributed by atoms with Crippen molar-refractivity contribution < 1.29 is 9.50 Å². The van der Waals surface area contributed by atoms with Crippen LogP contribution in [0.15, 0.2) is 24.3 Å². The van der Waals surface area contributed by atoms with Crippen LogP contribution in [0.2, 0.25) is 0 Å². The lowest BCUT2D eigenvalue weighted by atomic mass is 9.99. The van der Waals surface area contributed by atoms with Crippen molar-refractivity contribution in [3.05, 3.63) is 35.6 Å². The van der Waals surface area contributed by atoms with Gasteiger partial charge >= 0.3 is 0 Å². The van der Waals surface area contributed by atoms with Gasteiger partial charge in [0.1, 0.15) is 5.82 Å². The number of benzene rings is 1. The standard InChI is InChI=1S/C15H24FNO/c1-5-15(2,3)17(4)10-9-14(18)12-7-6-8-13(16)11-12/h6-8,11,14,18H,5,9-10H2,1-4H3. The van der Waals surface area contributed by atoms with Crippen LogP contribution in [0.4, 0.5) is 4.39 Å². The quantitative estimate of drug-likeness (QED) is 0.840. The van der Waals surface area contributed by atoms with Crippen molar-refractivity contribution in [3.63, 3.8) is 0 Å². The molecule has 0 saturated heterocycles. The highest BCUT2D eigenvalue weighted by Crippen LogP contribution is 2.21. The van der Waals surface area contributed by atoms with Gasteiger partial charge in [-0.25, -0.2) is 4.39 Å². The molecule has 102 valence electrons. The van der Waals surface area contributed by atoms with Crippen LogP contribution in [-0.4, -0.2) is 29.1 Å². The maximum absolute atomic E-state index is 13.0. The van der Waals surface area contributed by atoms with Crippen molar-refractivity contribution in [2.24, 2.45) is 0 Å². The van der Waals surface area contributed by atoms with Crippen LogP contribution >= 0.6 is 0 Å². The molecule has 0 aliphatic rings. The van der Waals surface area contributed by atoms with Crippen LogP contribution in [0.1, 0.15) is 45.3 Å². The summed E-state index contributed by atoms with van der Waals surface area (Å²) in [5.41, 5.74) is 0.777. The maximum atomic E-state index is 13.0. The summed E-state index contributed by atoms with van der Waals surface area (Å²) in [5.74, 6) is -0.297. The molecule has 0 aromatic heterocycles. The Morgan fingerprint density at radius 3 is 2.61 bits per heavy atom. The topological polar surface area (TPSA) is 23.5 Å². The number of hydrogen-bond donors (Lipinski definition) is 1. The molecule has 1 N–H and O–H groups in total. The van der Waals surface area contributed by atoms with E-state index in [1.165, 1.54) is 12.1 Å². The number of halogens is 1. The minimum absolute atomic E-state index is 0.127. The molecule has 18 heavy (non-hydrogen) atoms. The Bertz CT molecular complexity index is 379. The van der Waals surface area contributed by atoms with Crippen LogP contribution in [0.25, 0.3) is 0 Å². The summed E-state index contributed by atoms with van der Waals surface area (Å²) in [5, 5.41) is 10.0. The van der Waals surface area contributed by atoms with Gasteiger partial charge in [0.2, 0.25) is 0 Å². The molecule has 1 aromatic rings. The molecular formula is C15H24FNO. The Balaban J connectivity index is 2.54. The van der Waals surface area contributed by atoms with Crippen LogP contribution in [0, 0.1) is 5.82 Å². The van der Waals surface area contributed by atoms with E-state index in [-0.39, 0.29) is 11.4 Å². The van der Waals surface area contributed by atoms with Crippen molar-refractivity contribution in [2.45, 2.75) is 45.3 Å². The third kappa shape index (κ3) is 4.07. The van der Waals surface area contributed by atoms with Crippen molar-refractivity contribution in [1.29, 1.82) is 0 Å². The smallest absolute Gasteiger partial charge is 0.123 e. The second kappa shape index (κ2) is 6.30. The average molecular weight is 253 g/mol. The number of aliphatic hydroxyl groups excluding tert-OH is 1. The molecule has 1 atom stereocenters. The Kier molecular flexibility index (Phi) is 5.29. The SMILES string of the molecule is CCC(C)(C)N(C)CCC(O)c1cccc(F)c1. The van der Waals surface area contributed by atoms with E-state index in [2.05, 4.69) is 32.7 Å². The summed E-state index contributed by atoms with van der Waals surface area (Å²) in [6, 6.07) is 6.18. The van der Waals surface area contributed by atoms with Crippen LogP contribution < -0.4 is 0 Å². The van der Waals surface area contributed by atoms with E-state index in [4.69, 9.17) is 0 Å². The van der Waals surface area contributed by atoms with Crippen LogP contribution in [0.5, 0.6) is 0 Å². The molecule has 1 aromatic carbocycles. The van der Waals surface area contributed by atoms with Gasteiger partial charge in [-0.1, -0.05) is 19.1 Å². The first-order chi connectivity index (χ1) is 8.36. The summed E-state index contributed by atoms with van der Waals surface area (Å²) in [7, 11) is 2.06. The van der Waals surface area contributed by atoms with Gasteiger partial charge < -0.3 is 10.0 Å². The first-order valence-electron chi connectivity index (χ1n) is 6.51. The van der Waals surface area contributed by atoms with Gasteiger partial charge in [-0.15, -0.1) is 0 Å². The number of rotatable bonds is 6. The molecule has 0 spiro atoms. The van der Waals surface area contributed by atoms with Gasteiger partial charge in [-0.2, -0.15) is 0 Å². The third-order valence-electron chi connectivity index (χ3n) is 3.87. The molecule has 0 radical (unpaired) electrons. The molecule has 0 saturated carbocycles. The summed E-state index contributed by atoms with van der Waals surface area (Å²) in [6.07, 6.45) is 1.07. The first-order valence-corrected chi connectivity index (χ1v) is 6.51. The molecular weight excluding hydrogens is 229 g/mol. The van der Waals surface area contributed by atoms with E-state index in [0.29, 0.717) is 12.0 Å². The predicted molar refractivity (Wildman–Crippen MR) is 73.0 cm³/mol. The lowest BCUT2D eigenvalue weighted by Gasteiger charge is -2.35. The minimum Gasteiger partial charge on any atom is -0.388 e. The highest BCUT2D eigenvalue weighted by Gasteiger charge is 2.21. The second-order valence-electron chi connectivity index (χ2n) is 5.45. The Morgan fingerprint density at radius 2 is 2.06 bits per heavy atom. The number of hydrogen-bond acceptors (Lipinski definition) is 2. The Morgan fingerprint density at radius 1 is 1.39 bits per heavy atom. The second-order valence-corrected chi connectivity index (χ2v) is 5.45. The summed E-state index contributed by atoms with van der Waals surface area (Å²) in [6.45, 7) is 7.31. The molecule has 0 heterocycles. The fraction of sp³-hybridized carbons (Fsp3) is 0.600. The minimum atomic E-state index is -0.601. The van der Waals surface area contributed by atoms with Crippen molar-refractivity contribution in [2.75, 3.05) is 13.6 Å². The highest BCUT2D eigenvalue weighted by molar-refractivity contribution is 5.18. The van der Waals surface area contributed by atoms with Crippen LogP contribution in [-0.2, 0) is 0 Å². The summed E-state index contributed by atoms with van der Waals surface area (Å²) in [4.78, 5) is 2.23. The Hall–Kier alpha value is -0.930. The fourth-order valence-electron chi connectivity index (χ4n) is 1.77. The average Bonchev–Trinajstić information content (AvgIpc) is 2.35. The van der Waals surface area contributed by atoms with Crippen molar-refractivity contribution in [3.8, 4) is 0 Å². The molecule has 0 aliphatic heterocycles. The fourth-order valence-corrected chi connectivity index (χ4v) is 1.77. The van der Waals surface area contributed by atoms with E-state index in [0.717, 1.165) is 13.0 Å². The number of nitrogens with zero attached hydrogens (tertiary/aromatic N) is 1. The van der Waals surface area contributed by atoms with Gasteiger partial charge in [0.25, 0.3) is 0 Å². The molecule has 0 bridgehead atoms. The van der Waals surface area contributed by atoms with Gasteiger partial charge in [-0.05, 0) is 51.4 Å². The van der Waals surface area contributed by atoms with E-state index in [1.807, 2.05) is 0 Å². The van der Waals surface area contributed by atoms with E-state index in [1.54, 1.807) is 12.1 Å². The third-order valence-corrected chi connectivity index (χ3v) is 3.87. The van der Waals surface area contributed by atoms with Gasteiger partial charge in [0.05, 0.1) is 6.10 Å². The van der Waals surface area contributed by atoms with E-state index >= 15 is 0 Å². The molecule has 0 fully saturated rings. The van der Waals surface area contributed by atoms with Crippen molar-refractivity contribution in [1.82, 2.24) is 4.90 Å². The number of aliphatic hydroxyl groups is 1. The zero-order valence-electron chi connectivity index (χ0n) is 11.8. The van der Waals surface area contributed by atoms with E-state index in [9.17, 15) is 9.50 Å². The Labute approximate surface area is 109 Å². The summed E-state index contributed by atoms with van der Waals surface area (Å²) < 4.78 is 13.0. The van der Waals surface area contributed by atoms with Gasteiger partial charge in [-0.3, -0.25) is 0 Å². The zero-order valence-corrected chi connectivity index (χ0v) is 11.8. The molecule has 0 aliphatic carbocycles. The largest absolute Gasteiger partial charge is 0.388 e. The molecule has 2 nitrogen and oxygen atoms in total. The van der Waals surface area contributed by atoms with Crippen molar-refractivity contribution >= 4 is 0 Å². The highest BCUT2D eigenvalue weighted by atomic mass is 19.1. The first kappa shape index (κ1) is 15.1. The molecule has 3 heteroatoms. The van der Waals surface area contributed by atoms with Gasteiger partial charge in [0.15, 0.2) is 0 Å². The molecule has 1 unspecified atom stereocenters. The van der Waals surface area contributed by atoms with Crippen LogP contribution in [0.3, 0.4) is 0 Å². The normalized spacial score (nSPS) is 13.9.